The maximum Gasteiger partial charge on any atom is 0.255 e. The number of hydrogen-bond acceptors (Lipinski definition) is 5. The van der Waals surface area contributed by atoms with Crippen LogP contribution in [-0.2, 0) is 17.9 Å². The van der Waals surface area contributed by atoms with Crippen molar-refractivity contribution in [2.45, 2.75) is 32.5 Å². The Hall–Kier alpha value is -3.87. The zero-order valence-corrected chi connectivity index (χ0v) is 18.8. The van der Waals surface area contributed by atoms with Gasteiger partial charge in [-0.15, -0.1) is 0 Å². The third-order valence-electron chi connectivity index (χ3n) is 5.69. The summed E-state index contributed by atoms with van der Waals surface area (Å²) in [5.74, 6) is 0.961. The summed E-state index contributed by atoms with van der Waals surface area (Å²) in [4.78, 5) is 32.0. The van der Waals surface area contributed by atoms with Gasteiger partial charge in [0.25, 0.3) is 5.91 Å². The first-order chi connectivity index (χ1) is 16.1. The van der Waals surface area contributed by atoms with Gasteiger partial charge in [-0.2, -0.15) is 0 Å². The number of rotatable bonds is 9. The average Bonchev–Trinajstić information content (AvgIpc) is 3.18. The van der Waals surface area contributed by atoms with Crippen LogP contribution in [0, 0.1) is 0 Å². The average molecular weight is 446 g/mol. The lowest BCUT2D eigenvalue weighted by atomic mass is 10.0. The maximum absolute atomic E-state index is 13.2. The molecule has 0 fully saturated rings. The third-order valence-corrected chi connectivity index (χ3v) is 5.69. The second-order valence-corrected chi connectivity index (χ2v) is 7.79. The van der Waals surface area contributed by atoms with E-state index in [0.29, 0.717) is 36.8 Å². The fraction of sp³-hybridized carbons (Fsp3) is 0.269. The highest BCUT2D eigenvalue weighted by atomic mass is 16.5. The van der Waals surface area contributed by atoms with Crippen molar-refractivity contribution >= 4 is 11.8 Å². The Balaban J connectivity index is 1.60. The number of methoxy groups -OCH3 is 1. The molecule has 0 spiro atoms. The summed E-state index contributed by atoms with van der Waals surface area (Å²) >= 11 is 0. The van der Waals surface area contributed by atoms with Crippen molar-refractivity contribution in [3.8, 4) is 11.5 Å². The number of hydrogen-bond donors (Lipinski definition) is 1. The van der Waals surface area contributed by atoms with E-state index in [4.69, 9.17) is 9.47 Å². The van der Waals surface area contributed by atoms with Crippen molar-refractivity contribution in [1.82, 2.24) is 15.2 Å². The van der Waals surface area contributed by atoms with Gasteiger partial charge in [-0.05, 0) is 47.9 Å². The molecule has 2 aromatic carbocycles. The number of benzene rings is 2. The first kappa shape index (κ1) is 22.3. The van der Waals surface area contributed by atoms with Crippen LogP contribution < -0.4 is 14.8 Å². The quantitative estimate of drug-likeness (QED) is 0.540. The normalized spacial score (nSPS) is 13.4. The van der Waals surface area contributed by atoms with Gasteiger partial charge in [0.05, 0.1) is 26.2 Å². The Morgan fingerprint density at radius 2 is 2.00 bits per heavy atom. The lowest BCUT2D eigenvalue weighted by Gasteiger charge is -2.28. The van der Waals surface area contributed by atoms with Crippen LogP contribution in [0.3, 0.4) is 0 Å². The Morgan fingerprint density at radius 3 is 2.73 bits per heavy atom. The molecule has 0 saturated heterocycles. The largest absolute Gasteiger partial charge is 0.493 e. The standard InChI is InChI=1S/C26H27N3O4/c1-3-33-23-11-10-19(13-24(23)32-2)22(14-25(30)28-16-18-7-6-12-27-15-18)29-17-20-8-4-5-9-21(20)26(29)31/h4-13,15,22H,3,14,16-17H2,1-2H3,(H,28,30). The van der Waals surface area contributed by atoms with Crippen LogP contribution >= 0.6 is 0 Å². The van der Waals surface area contributed by atoms with Crippen LogP contribution in [0.1, 0.15) is 46.4 Å². The number of nitrogens with zero attached hydrogens (tertiary/aromatic N) is 2. The smallest absolute Gasteiger partial charge is 0.255 e. The van der Waals surface area contributed by atoms with Gasteiger partial charge in [0.1, 0.15) is 0 Å². The molecule has 0 aliphatic carbocycles. The van der Waals surface area contributed by atoms with Crippen molar-refractivity contribution in [2.24, 2.45) is 0 Å². The van der Waals surface area contributed by atoms with Crippen LogP contribution in [0.2, 0.25) is 0 Å². The summed E-state index contributed by atoms with van der Waals surface area (Å²) < 4.78 is 11.2. The second kappa shape index (κ2) is 10.2. The van der Waals surface area contributed by atoms with E-state index in [1.165, 1.54) is 0 Å². The van der Waals surface area contributed by atoms with Gasteiger partial charge in [0, 0.05) is 31.0 Å². The van der Waals surface area contributed by atoms with Gasteiger partial charge in [0.15, 0.2) is 11.5 Å². The van der Waals surface area contributed by atoms with E-state index in [-0.39, 0.29) is 18.2 Å². The molecule has 2 amide bonds. The van der Waals surface area contributed by atoms with E-state index < -0.39 is 6.04 Å². The molecule has 7 heteroatoms. The monoisotopic (exact) mass is 445 g/mol. The van der Waals surface area contributed by atoms with E-state index in [9.17, 15) is 9.59 Å². The molecular weight excluding hydrogens is 418 g/mol. The number of aromatic nitrogens is 1. The van der Waals surface area contributed by atoms with Crippen LogP contribution in [0.5, 0.6) is 11.5 Å². The molecule has 1 aliphatic heterocycles. The molecule has 33 heavy (non-hydrogen) atoms. The highest BCUT2D eigenvalue weighted by Gasteiger charge is 2.34. The summed E-state index contributed by atoms with van der Waals surface area (Å²) in [6, 6.07) is 16.4. The van der Waals surface area contributed by atoms with E-state index in [0.717, 1.165) is 16.7 Å². The van der Waals surface area contributed by atoms with Crippen LogP contribution in [0.15, 0.2) is 67.0 Å². The van der Waals surface area contributed by atoms with E-state index in [1.807, 2.05) is 61.5 Å². The lowest BCUT2D eigenvalue weighted by Crippen LogP contribution is -2.34. The molecule has 0 radical (unpaired) electrons. The molecule has 0 saturated carbocycles. The molecule has 170 valence electrons. The van der Waals surface area contributed by atoms with Crippen molar-refractivity contribution in [3.05, 3.63) is 89.2 Å². The molecule has 7 nitrogen and oxygen atoms in total. The summed E-state index contributed by atoms with van der Waals surface area (Å²) in [5.41, 5.74) is 3.36. The number of amides is 2. The summed E-state index contributed by atoms with van der Waals surface area (Å²) in [7, 11) is 1.58. The van der Waals surface area contributed by atoms with Crippen LogP contribution in [0.25, 0.3) is 0 Å². The number of pyridine rings is 1. The first-order valence-corrected chi connectivity index (χ1v) is 11.0. The van der Waals surface area contributed by atoms with Crippen molar-refractivity contribution in [1.29, 1.82) is 0 Å². The predicted molar refractivity (Wildman–Crippen MR) is 124 cm³/mol. The molecule has 4 rings (SSSR count). The number of carbonyl (C=O) groups is 2. The third kappa shape index (κ3) is 4.98. The number of nitrogens with one attached hydrogen (secondary N) is 1. The first-order valence-electron chi connectivity index (χ1n) is 11.0. The van der Waals surface area contributed by atoms with E-state index in [2.05, 4.69) is 10.3 Å². The molecule has 1 aromatic heterocycles. The van der Waals surface area contributed by atoms with Gasteiger partial charge in [-0.3, -0.25) is 14.6 Å². The summed E-state index contributed by atoms with van der Waals surface area (Å²) in [6.07, 6.45) is 3.53. The summed E-state index contributed by atoms with van der Waals surface area (Å²) in [5, 5.41) is 2.95. The molecular formula is C26H27N3O4. The highest BCUT2D eigenvalue weighted by molar-refractivity contribution is 5.98. The van der Waals surface area contributed by atoms with Crippen molar-refractivity contribution in [2.75, 3.05) is 13.7 Å². The van der Waals surface area contributed by atoms with Gasteiger partial charge >= 0.3 is 0 Å². The lowest BCUT2D eigenvalue weighted by molar-refractivity contribution is -0.122. The highest BCUT2D eigenvalue weighted by Crippen LogP contribution is 2.37. The molecule has 0 bridgehead atoms. The van der Waals surface area contributed by atoms with Crippen LogP contribution in [0.4, 0.5) is 0 Å². The number of fused-ring (bicyclic) bond motifs is 1. The molecule has 1 unspecified atom stereocenters. The SMILES string of the molecule is CCOc1ccc(C(CC(=O)NCc2cccnc2)N2Cc3ccccc3C2=O)cc1OC. The van der Waals surface area contributed by atoms with Crippen LogP contribution in [-0.4, -0.2) is 35.4 Å². The van der Waals surface area contributed by atoms with E-state index in [1.54, 1.807) is 24.4 Å². The minimum atomic E-state index is -0.455. The fourth-order valence-electron chi connectivity index (χ4n) is 4.05. The molecule has 1 N–H and O–H groups in total. The van der Waals surface area contributed by atoms with Crippen molar-refractivity contribution < 1.29 is 19.1 Å². The van der Waals surface area contributed by atoms with Gasteiger partial charge in [-0.1, -0.05) is 30.3 Å². The van der Waals surface area contributed by atoms with Gasteiger partial charge in [0.2, 0.25) is 5.91 Å². The topological polar surface area (TPSA) is 80.8 Å². The maximum atomic E-state index is 13.2. The molecule has 3 aromatic rings. The minimum Gasteiger partial charge on any atom is -0.493 e. The molecule has 1 atom stereocenters. The zero-order chi connectivity index (χ0) is 23.2. The number of carbonyl (C=O) groups excluding carboxylic acids is 2. The molecule has 1 aliphatic rings. The van der Waals surface area contributed by atoms with Gasteiger partial charge in [-0.25, -0.2) is 0 Å². The molecule has 2 heterocycles. The Labute approximate surface area is 193 Å². The summed E-state index contributed by atoms with van der Waals surface area (Å²) in [6.45, 7) is 3.24. The second-order valence-electron chi connectivity index (χ2n) is 7.79. The Bertz CT molecular complexity index is 1130. The predicted octanol–water partition coefficient (Wildman–Crippen LogP) is 3.89. The van der Waals surface area contributed by atoms with E-state index >= 15 is 0 Å². The van der Waals surface area contributed by atoms with Gasteiger partial charge < -0.3 is 19.7 Å². The Kier molecular flexibility index (Phi) is 6.88. The zero-order valence-electron chi connectivity index (χ0n) is 18.8. The van der Waals surface area contributed by atoms with Crippen molar-refractivity contribution in [3.63, 3.8) is 0 Å². The Morgan fingerprint density at radius 1 is 1.15 bits per heavy atom. The number of ether oxygens (including phenoxy) is 2. The minimum absolute atomic E-state index is 0.0801. The fourth-order valence-corrected chi connectivity index (χ4v) is 4.05.